The molecule has 0 radical (unpaired) electrons. The fraction of sp³-hybridized carbons (Fsp3) is 0.214. The summed E-state index contributed by atoms with van der Waals surface area (Å²) in [6, 6.07) is 7.09. The number of hydrogen-bond donors (Lipinski definition) is 1. The van der Waals surface area contributed by atoms with Crippen LogP contribution < -0.4 is 5.43 Å². The van der Waals surface area contributed by atoms with Crippen LogP contribution in [-0.4, -0.2) is 10.7 Å². The second-order valence-corrected chi connectivity index (χ2v) is 4.50. The first-order valence-electron chi connectivity index (χ1n) is 5.39. The van der Waals surface area contributed by atoms with Crippen LogP contribution in [0.5, 0.6) is 0 Å². The minimum Gasteiger partial charge on any atom is -0.463 e. The van der Waals surface area contributed by atoms with Gasteiger partial charge in [-0.25, -0.2) is 0 Å². The summed E-state index contributed by atoms with van der Waals surface area (Å²) in [6.45, 7) is 3.29. The molecule has 0 aliphatic carbocycles. The molecule has 2 aromatic rings. The molecule has 0 aliphatic rings. The molecule has 0 fully saturated rings. The van der Waals surface area contributed by atoms with E-state index in [1.54, 1.807) is 44.2 Å². The Kier molecular flexibility index (Phi) is 2.86. The first-order valence-corrected chi connectivity index (χ1v) is 5.39. The predicted molar refractivity (Wildman–Crippen MR) is 67.8 cm³/mol. The zero-order chi connectivity index (χ0) is 12.5. The molecule has 2 rings (SSSR count). The Labute approximate surface area is 99.0 Å². The maximum absolute atomic E-state index is 12.1. The summed E-state index contributed by atoms with van der Waals surface area (Å²) in [4.78, 5) is 12.1. The maximum atomic E-state index is 12.1. The van der Waals surface area contributed by atoms with Gasteiger partial charge in [-0.05, 0) is 32.1 Å². The van der Waals surface area contributed by atoms with Crippen molar-refractivity contribution in [1.82, 2.24) is 0 Å². The molecule has 1 aromatic heterocycles. The zero-order valence-electron chi connectivity index (χ0n) is 9.81. The molecule has 0 saturated carbocycles. The molecule has 0 atom stereocenters. The van der Waals surface area contributed by atoms with Crippen LogP contribution in [0.25, 0.3) is 17.0 Å². The lowest BCUT2D eigenvalue weighted by atomic mass is 10.1. The molecule has 3 heteroatoms. The molecule has 0 bridgehead atoms. The number of fused-ring (bicyclic) bond motifs is 1. The fourth-order valence-electron chi connectivity index (χ4n) is 1.50. The summed E-state index contributed by atoms with van der Waals surface area (Å²) in [7, 11) is 0. The monoisotopic (exact) mass is 230 g/mol. The Bertz CT molecular complexity index is 615. The van der Waals surface area contributed by atoms with Crippen molar-refractivity contribution in [3.8, 4) is 0 Å². The number of rotatable bonds is 2. The molecular weight excluding hydrogens is 216 g/mol. The van der Waals surface area contributed by atoms with Crippen molar-refractivity contribution < 1.29 is 9.52 Å². The van der Waals surface area contributed by atoms with Gasteiger partial charge >= 0.3 is 0 Å². The van der Waals surface area contributed by atoms with E-state index in [2.05, 4.69) is 0 Å². The van der Waals surface area contributed by atoms with Crippen molar-refractivity contribution in [3.63, 3.8) is 0 Å². The van der Waals surface area contributed by atoms with Crippen LogP contribution in [0.1, 0.15) is 19.4 Å². The smallest absolute Gasteiger partial charge is 0.199 e. The van der Waals surface area contributed by atoms with Crippen LogP contribution in [0.2, 0.25) is 0 Å². The van der Waals surface area contributed by atoms with E-state index in [1.165, 1.54) is 6.26 Å². The molecule has 17 heavy (non-hydrogen) atoms. The lowest BCUT2D eigenvalue weighted by Crippen LogP contribution is -2.14. The summed E-state index contributed by atoms with van der Waals surface area (Å²) in [5.41, 5.74) is -0.0333. The van der Waals surface area contributed by atoms with Crippen LogP contribution in [0.3, 0.4) is 0 Å². The lowest BCUT2D eigenvalue weighted by molar-refractivity contribution is 0.134. The minimum atomic E-state index is -0.946. The van der Waals surface area contributed by atoms with E-state index >= 15 is 0 Å². The number of para-hydroxylation sites is 1. The highest BCUT2D eigenvalue weighted by Gasteiger charge is 2.08. The molecule has 0 spiro atoms. The highest BCUT2D eigenvalue weighted by molar-refractivity contribution is 5.78. The first-order chi connectivity index (χ1) is 7.97. The summed E-state index contributed by atoms with van der Waals surface area (Å²) in [6.07, 6.45) is 4.55. The SMILES string of the molecule is CC(C)(O)/C=C/c1coc2ccccc2c1=O. The zero-order valence-corrected chi connectivity index (χ0v) is 9.81. The van der Waals surface area contributed by atoms with Gasteiger partial charge in [-0.3, -0.25) is 4.79 Å². The number of benzene rings is 1. The van der Waals surface area contributed by atoms with Crippen molar-refractivity contribution in [1.29, 1.82) is 0 Å². The topological polar surface area (TPSA) is 50.4 Å². The lowest BCUT2D eigenvalue weighted by Gasteiger charge is -2.09. The van der Waals surface area contributed by atoms with Gasteiger partial charge in [-0.2, -0.15) is 0 Å². The molecule has 88 valence electrons. The molecule has 0 saturated heterocycles. The van der Waals surface area contributed by atoms with Crippen molar-refractivity contribution in [2.75, 3.05) is 0 Å². The largest absolute Gasteiger partial charge is 0.463 e. The van der Waals surface area contributed by atoms with Gasteiger partial charge in [0.25, 0.3) is 0 Å². The Morgan fingerprint density at radius 2 is 2.00 bits per heavy atom. The Balaban J connectivity index is 2.54. The van der Waals surface area contributed by atoms with Gasteiger partial charge in [0.15, 0.2) is 5.43 Å². The van der Waals surface area contributed by atoms with Gasteiger partial charge in [0, 0.05) is 0 Å². The van der Waals surface area contributed by atoms with Crippen molar-refractivity contribution >= 4 is 17.0 Å². The molecule has 1 heterocycles. The van der Waals surface area contributed by atoms with Crippen molar-refractivity contribution in [2.24, 2.45) is 0 Å². The van der Waals surface area contributed by atoms with Crippen LogP contribution in [0.4, 0.5) is 0 Å². The second-order valence-electron chi connectivity index (χ2n) is 4.50. The predicted octanol–water partition coefficient (Wildman–Crippen LogP) is 2.58. The quantitative estimate of drug-likeness (QED) is 0.862. The van der Waals surface area contributed by atoms with Crippen molar-refractivity contribution in [3.05, 3.63) is 52.4 Å². The van der Waals surface area contributed by atoms with E-state index in [-0.39, 0.29) is 5.43 Å². The normalized spacial score (nSPS) is 12.4. The van der Waals surface area contributed by atoms with Gasteiger partial charge < -0.3 is 9.52 Å². The summed E-state index contributed by atoms with van der Waals surface area (Å²) in [5.74, 6) is 0. The summed E-state index contributed by atoms with van der Waals surface area (Å²) in [5, 5.41) is 10.1. The number of hydrogen-bond acceptors (Lipinski definition) is 3. The number of aliphatic hydroxyl groups is 1. The van der Waals surface area contributed by atoms with Crippen LogP contribution in [-0.2, 0) is 0 Å². The summed E-state index contributed by atoms with van der Waals surface area (Å²) >= 11 is 0. The Morgan fingerprint density at radius 1 is 1.29 bits per heavy atom. The molecule has 0 amide bonds. The third-order valence-electron chi connectivity index (χ3n) is 2.38. The van der Waals surface area contributed by atoms with Gasteiger partial charge in [0.2, 0.25) is 0 Å². The highest BCUT2D eigenvalue weighted by atomic mass is 16.3. The van der Waals surface area contributed by atoms with E-state index in [1.807, 2.05) is 6.07 Å². The standard InChI is InChI=1S/C14H14O3/c1-14(2,16)8-7-10-9-17-12-6-4-3-5-11(12)13(10)15/h3-9,16H,1-2H3/b8-7+. The fourth-order valence-corrected chi connectivity index (χ4v) is 1.50. The van der Waals surface area contributed by atoms with E-state index in [4.69, 9.17) is 4.42 Å². The van der Waals surface area contributed by atoms with Gasteiger partial charge in [0.05, 0.1) is 16.6 Å². The van der Waals surface area contributed by atoms with E-state index in [0.717, 1.165) is 0 Å². The van der Waals surface area contributed by atoms with Crippen LogP contribution in [0, 0.1) is 0 Å². The van der Waals surface area contributed by atoms with E-state index in [0.29, 0.717) is 16.5 Å². The molecular formula is C14H14O3. The maximum Gasteiger partial charge on any atom is 0.199 e. The van der Waals surface area contributed by atoms with E-state index < -0.39 is 5.60 Å². The van der Waals surface area contributed by atoms with Gasteiger partial charge in [0.1, 0.15) is 11.8 Å². The van der Waals surface area contributed by atoms with Crippen LogP contribution in [0.15, 0.2) is 45.8 Å². The average Bonchev–Trinajstić information content (AvgIpc) is 2.27. The molecule has 0 unspecified atom stereocenters. The molecule has 1 aromatic carbocycles. The molecule has 0 aliphatic heterocycles. The second kappa shape index (κ2) is 4.18. The molecule has 3 nitrogen and oxygen atoms in total. The average molecular weight is 230 g/mol. The highest BCUT2D eigenvalue weighted by Crippen LogP contribution is 2.12. The van der Waals surface area contributed by atoms with Gasteiger partial charge in [-0.1, -0.05) is 18.2 Å². The Hall–Kier alpha value is -1.87. The van der Waals surface area contributed by atoms with Gasteiger partial charge in [-0.15, -0.1) is 0 Å². The summed E-state index contributed by atoms with van der Waals surface area (Å²) < 4.78 is 5.36. The van der Waals surface area contributed by atoms with Crippen molar-refractivity contribution in [2.45, 2.75) is 19.4 Å². The molecule has 1 N–H and O–H groups in total. The minimum absolute atomic E-state index is 0.0904. The first kappa shape index (κ1) is 11.6. The third kappa shape index (κ3) is 2.63. The van der Waals surface area contributed by atoms with E-state index in [9.17, 15) is 9.90 Å². The third-order valence-corrected chi connectivity index (χ3v) is 2.38. The van der Waals surface area contributed by atoms with Crippen LogP contribution >= 0.6 is 0 Å². The Morgan fingerprint density at radius 3 is 2.71 bits per heavy atom.